The van der Waals surface area contributed by atoms with Gasteiger partial charge in [0.05, 0.1) is 28.6 Å². The summed E-state index contributed by atoms with van der Waals surface area (Å²) in [4.78, 5) is 12.8. The summed E-state index contributed by atoms with van der Waals surface area (Å²) >= 11 is 18.0. The molecule has 0 unspecified atom stereocenters. The van der Waals surface area contributed by atoms with Gasteiger partial charge < -0.3 is 10.1 Å². The number of carbonyl (C=O) groups excluding carboxylic acids is 1. The number of benzene rings is 3. The standard InChI is InChI=1S/C23H21Cl3N2O4S/c1-32-22-5-3-2-4-17(22)13-27-23(29)15-28(14-16-6-11-20(25)21(26)12-16)33(30,31)19-9-7-18(24)8-10-19/h2-12H,13-15H2,1H3,(H,27,29). The molecule has 174 valence electrons. The summed E-state index contributed by atoms with van der Waals surface area (Å²) in [5.74, 6) is 0.151. The minimum Gasteiger partial charge on any atom is -0.496 e. The number of para-hydroxylation sites is 1. The largest absolute Gasteiger partial charge is 0.496 e. The molecule has 0 atom stereocenters. The van der Waals surface area contributed by atoms with E-state index in [1.165, 1.54) is 24.3 Å². The number of nitrogens with one attached hydrogen (secondary N) is 1. The Morgan fingerprint density at radius 2 is 1.67 bits per heavy atom. The molecule has 0 aliphatic carbocycles. The highest BCUT2D eigenvalue weighted by atomic mass is 35.5. The van der Waals surface area contributed by atoms with Crippen LogP contribution in [0, 0.1) is 0 Å². The van der Waals surface area contributed by atoms with Gasteiger partial charge in [0.15, 0.2) is 0 Å². The fourth-order valence-corrected chi connectivity index (χ4v) is 4.91. The van der Waals surface area contributed by atoms with Gasteiger partial charge in [-0.15, -0.1) is 0 Å². The monoisotopic (exact) mass is 526 g/mol. The molecule has 33 heavy (non-hydrogen) atoms. The molecule has 1 N–H and O–H groups in total. The quantitative estimate of drug-likeness (QED) is 0.417. The minimum atomic E-state index is -4.02. The van der Waals surface area contributed by atoms with Gasteiger partial charge in [-0.2, -0.15) is 4.31 Å². The normalized spacial score (nSPS) is 11.4. The Bertz CT molecular complexity index is 1230. The van der Waals surface area contributed by atoms with E-state index in [-0.39, 0.29) is 18.0 Å². The Balaban J connectivity index is 1.83. The van der Waals surface area contributed by atoms with Gasteiger partial charge in [0.1, 0.15) is 5.75 Å². The van der Waals surface area contributed by atoms with Crippen LogP contribution in [-0.4, -0.2) is 32.3 Å². The third kappa shape index (κ3) is 6.62. The molecule has 0 aliphatic heterocycles. The predicted octanol–water partition coefficient (Wildman–Crippen LogP) is 5.16. The average Bonchev–Trinajstić information content (AvgIpc) is 2.80. The molecule has 0 radical (unpaired) electrons. The molecule has 0 saturated carbocycles. The Morgan fingerprint density at radius 1 is 0.970 bits per heavy atom. The van der Waals surface area contributed by atoms with Gasteiger partial charge in [-0.05, 0) is 48.0 Å². The van der Waals surface area contributed by atoms with E-state index in [9.17, 15) is 13.2 Å². The van der Waals surface area contributed by atoms with Gasteiger partial charge >= 0.3 is 0 Å². The number of sulfonamides is 1. The van der Waals surface area contributed by atoms with Gasteiger partial charge in [0, 0.05) is 23.7 Å². The molecule has 0 aromatic heterocycles. The van der Waals surface area contributed by atoms with Crippen molar-refractivity contribution >= 4 is 50.7 Å². The molecule has 0 aliphatic rings. The number of hydrogen-bond acceptors (Lipinski definition) is 4. The molecule has 10 heteroatoms. The van der Waals surface area contributed by atoms with Crippen molar-refractivity contribution in [2.75, 3.05) is 13.7 Å². The number of carbonyl (C=O) groups is 1. The van der Waals surface area contributed by atoms with Crippen molar-refractivity contribution in [3.05, 3.63) is 92.9 Å². The summed E-state index contributed by atoms with van der Waals surface area (Å²) in [6.45, 7) is -0.297. The van der Waals surface area contributed by atoms with Gasteiger partial charge in [-0.3, -0.25) is 4.79 Å². The van der Waals surface area contributed by atoms with Crippen LogP contribution in [0.1, 0.15) is 11.1 Å². The fourth-order valence-electron chi connectivity index (χ4n) is 3.08. The van der Waals surface area contributed by atoms with Crippen molar-refractivity contribution in [3.8, 4) is 5.75 Å². The number of halogens is 3. The van der Waals surface area contributed by atoms with Crippen LogP contribution in [0.5, 0.6) is 5.75 Å². The van der Waals surface area contributed by atoms with Crippen molar-refractivity contribution in [1.82, 2.24) is 9.62 Å². The lowest BCUT2D eigenvalue weighted by Gasteiger charge is -2.22. The van der Waals surface area contributed by atoms with E-state index >= 15 is 0 Å². The van der Waals surface area contributed by atoms with Gasteiger partial charge in [-0.1, -0.05) is 59.1 Å². The second kappa shape index (κ2) is 11.2. The van der Waals surface area contributed by atoms with Crippen LogP contribution in [0.15, 0.2) is 71.6 Å². The number of methoxy groups -OCH3 is 1. The highest BCUT2D eigenvalue weighted by molar-refractivity contribution is 7.89. The molecule has 0 spiro atoms. The lowest BCUT2D eigenvalue weighted by molar-refractivity contribution is -0.121. The molecular weight excluding hydrogens is 507 g/mol. The molecular formula is C23H21Cl3N2O4S. The molecule has 3 rings (SSSR count). The maximum Gasteiger partial charge on any atom is 0.243 e. The Morgan fingerprint density at radius 3 is 2.33 bits per heavy atom. The maximum absolute atomic E-state index is 13.3. The number of ether oxygens (including phenoxy) is 1. The van der Waals surface area contributed by atoms with Crippen LogP contribution < -0.4 is 10.1 Å². The summed E-state index contributed by atoms with van der Waals surface area (Å²) in [7, 11) is -2.48. The van der Waals surface area contributed by atoms with Crippen LogP contribution in [-0.2, 0) is 27.9 Å². The zero-order valence-electron chi connectivity index (χ0n) is 17.6. The van der Waals surface area contributed by atoms with Crippen LogP contribution in [0.2, 0.25) is 15.1 Å². The highest BCUT2D eigenvalue weighted by Crippen LogP contribution is 2.25. The van der Waals surface area contributed by atoms with E-state index < -0.39 is 22.5 Å². The summed E-state index contributed by atoms with van der Waals surface area (Å²) in [6.07, 6.45) is 0. The van der Waals surface area contributed by atoms with E-state index in [0.717, 1.165) is 9.87 Å². The van der Waals surface area contributed by atoms with E-state index in [1.54, 1.807) is 31.4 Å². The summed E-state index contributed by atoms with van der Waals surface area (Å²) in [5.41, 5.74) is 1.35. The molecule has 1 amide bonds. The van der Waals surface area contributed by atoms with E-state index in [4.69, 9.17) is 39.5 Å². The van der Waals surface area contributed by atoms with Crippen molar-refractivity contribution < 1.29 is 17.9 Å². The summed E-state index contributed by atoms with van der Waals surface area (Å²) in [5, 5.41) is 3.79. The zero-order chi connectivity index (χ0) is 24.0. The van der Waals surface area contributed by atoms with Crippen molar-refractivity contribution in [2.45, 2.75) is 18.0 Å². The van der Waals surface area contributed by atoms with Crippen molar-refractivity contribution in [1.29, 1.82) is 0 Å². The minimum absolute atomic E-state index is 0.0180. The van der Waals surface area contributed by atoms with Gasteiger partial charge in [-0.25, -0.2) is 8.42 Å². The molecule has 0 fully saturated rings. The second-order valence-corrected chi connectivity index (χ2v) is 10.3. The number of rotatable bonds is 9. The SMILES string of the molecule is COc1ccccc1CNC(=O)CN(Cc1ccc(Cl)c(Cl)c1)S(=O)(=O)c1ccc(Cl)cc1. The Hall–Kier alpha value is -2.29. The lowest BCUT2D eigenvalue weighted by atomic mass is 10.2. The van der Waals surface area contributed by atoms with E-state index in [0.29, 0.717) is 26.4 Å². The highest BCUT2D eigenvalue weighted by Gasteiger charge is 2.27. The number of nitrogens with zero attached hydrogens (tertiary/aromatic N) is 1. The first kappa shape index (κ1) is 25.3. The van der Waals surface area contributed by atoms with Crippen LogP contribution in [0.3, 0.4) is 0 Å². The first-order valence-corrected chi connectivity index (χ1v) is 12.4. The van der Waals surface area contributed by atoms with Gasteiger partial charge in [0.2, 0.25) is 15.9 Å². The second-order valence-electron chi connectivity index (χ2n) is 7.06. The Labute approximate surface area is 208 Å². The third-order valence-corrected chi connectivity index (χ3v) is 7.58. The van der Waals surface area contributed by atoms with Crippen LogP contribution in [0.4, 0.5) is 0 Å². The Kier molecular flexibility index (Phi) is 8.62. The van der Waals surface area contributed by atoms with Crippen molar-refractivity contribution in [3.63, 3.8) is 0 Å². The fraction of sp³-hybridized carbons (Fsp3) is 0.174. The first-order valence-electron chi connectivity index (χ1n) is 9.79. The van der Waals surface area contributed by atoms with E-state index in [1.807, 2.05) is 18.2 Å². The summed E-state index contributed by atoms with van der Waals surface area (Å²) < 4.78 is 33.0. The van der Waals surface area contributed by atoms with Gasteiger partial charge in [0.25, 0.3) is 0 Å². The molecule has 3 aromatic carbocycles. The zero-order valence-corrected chi connectivity index (χ0v) is 20.7. The smallest absolute Gasteiger partial charge is 0.243 e. The van der Waals surface area contributed by atoms with Crippen molar-refractivity contribution in [2.24, 2.45) is 0 Å². The molecule has 0 bridgehead atoms. The topological polar surface area (TPSA) is 75.7 Å². The molecule has 6 nitrogen and oxygen atoms in total. The molecule has 3 aromatic rings. The molecule has 0 heterocycles. The van der Waals surface area contributed by atoms with Crippen LogP contribution >= 0.6 is 34.8 Å². The maximum atomic E-state index is 13.3. The van der Waals surface area contributed by atoms with E-state index in [2.05, 4.69) is 5.32 Å². The number of amides is 1. The van der Waals surface area contributed by atoms with Crippen LogP contribution in [0.25, 0.3) is 0 Å². The average molecular weight is 528 g/mol. The lowest BCUT2D eigenvalue weighted by Crippen LogP contribution is -2.40. The third-order valence-electron chi connectivity index (χ3n) is 4.78. The molecule has 0 saturated heterocycles. The first-order chi connectivity index (χ1) is 15.7. The number of hydrogen-bond donors (Lipinski definition) is 1. The summed E-state index contributed by atoms with van der Waals surface area (Å²) in [6, 6.07) is 17.8. The predicted molar refractivity (Wildman–Crippen MR) is 130 cm³/mol.